The number of benzene rings is 2. The number of anilines is 2. The van der Waals surface area contributed by atoms with Crippen molar-refractivity contribution in [1.82, 2.24) is 20.4 Å². The summed E-state index contributed by atoms with van der Waals surface area (Å²) in [6.45, 7) is 0. The zero-order valence-corrected chi connectivity index (χ0v) is 18.6. The highest BCUT2D eigenvalue weighted by atomic mass is 35.5. The molecular weight excluding hydrogens is 469 g/mol. The average Bonchev–Trinajstić information content (AvgIpc) is 3.33. The van der Waals surface area contributed by atoms with Crippen molar-refractivity contribution < 1.29 is 4.42 Å². The molecule has 0 saturated heterocycles. The Morgan fingerprint density at radius 2 is 1.90 bits per heavy atom. The molecule has 2 aromatic carbocycles. The Balaban J connectivity index is 1.47. The molecule has 0 aliphatic heterocycles. The van der Waals surface area contributed by atoms with Gasteiger partial charge in [0.05, 0.1) is 21.5 Å². The zero-order valence-electron chi connectivity index (χ0n) is 14.7. The molecule has 2 N–H and O–H groups in total. The Labute approximate surface area is 189 Å². The normalized spacial score (nSPS) is 11.0. The highest BCUT2D eigenvalue weighted by molar-refractivity contribution is 8.00. The summed E-state index contributed by atoms with van der Waals surface area (Å²) in [5.41, 5.74) is 2.66. The number of para-hydroxylation sites is 2. The Morgan fingerprint density at radius 1 is 1.10 bits per heavy atom. The first-order chi connectivity index (χ1) is 14.1. The minimum atomic E-state index is 0.265. The van der Waals surface area contributed by atoms with Crippen LogP contribution in [0.1, 0.15) is 16.5 Å². The second-order valence-corrected chi connectivity index (χ2v) is 9.28. The molecule has 0 spiro atoms. The standard InChI is InChI=1S/C18H13Cl2N5OS3/c19-11-5-3-6-12(20)16(11)21-13-7-2-1-4-10(13)8-15-23-25-18(29-15)28-9-14-22-24-17(27)26-14/h1-7,21H,8-9H2,(H,24,27). The van der Waals surface area contributed by atoms with Gasteiger partial charge in [-0.1, -0.05) is 70.6 Å². The molecule has 148 valence electrons. The molecule has 0 aliphatic carbocycles. The third-order valence-electron chi connectivity index (χ3n) is 3.83. The summed E-state index contributed by atoms with van der Waals surface area (Å²) in [5.74, 6) is 1.06. The summed E-state index contributed by atoms with van der Waals surface area (Å²) in [6.07, 6.45) is 0.632. The number of nitrogens with one attached hydrogen (secondary N) is 2. The summed E-state index contributed by atoms with van der Waals surface area (Å²) < 4.78 is 6.09. The third kappa shape index (κ3) is 5.18. The van der Waals surface area contributed by atoms with Gasteiger partial charge >= 0.3 is 0 Å². The molecule has 0 atom stereocenters. The number of thioether (sulfide) groups is 1. The van der Waals surface area contributed by atoms with Gasteiger partial charge in [0.15, 0.2) is 4.34 Å². The van der Waals surface area contributed by atoms with Crippen molar-refractivity contribution in [2.45, 2.75) is 16.5 Å². The lowest BCUT2D eigenvalue weighted by Gasteiger charge is -2.13. The molecule has 0 bridgehead atoms. The average molecular weight is 482 g/mol. The molecule has 0 radical (unpaired) electrons. The van der Waals surface area contributed by atoms with Gasteiger partial charge in [0, 0.05) is 12.1 Å². The van der Waals surface area contributed by atoms with Crippen LogP contribution in [0.3, 0.4) is 0 Å². The molecule has 4 aromatic rings. The summed E-state index contributed by atoms with van der Waals surface area (Å²) in [6, 6.07) is 13.4. The predicted molar refractivity (Wildman–Crippen MR) is 120 cm³/mol. The monoisotopic (exact) mass is 481 g/mol. The number of H-pyrrole nitrogens is 1. The number of halogens is 2. The van der Waals surface area contributed by atoms with Gasteiger partial charge < -0.3 is 9.73 Å². The fourth-order valence-electron chi connectivity index (χ4n) is 2.53. The van der Waals surface area contributed by atoms with Gasteiger partial charge in [0.25, 0.3) is 4.84 Å². The lowest BCUT2D eigenvalue weighted by atomic mass is 10.1. The molecule has 0 saturated carbocycles. The van der Waals surface area contributed by atoms with E-state index in [1.165, 1.54) is 23.1 Å². The predicted octanol–water partition coefficient (Wildman–Crippen LogP) is 6.52. The molecular formula is C18H13Cl2N5OS3. The molecule has 0 fully saturated rings. The van der Waals surface area contributed by atoms with Crippen LogP contribution in [0.2, 0.25) is 10.0 Å². The first-order valence-corrected chi connectivity index (χ1v) is 11.3. The quantitative estimate of drug-likeness (QED) is 0.229. The van der Waals surface area contributed by atoms with Crippen molar-refractivity contribution in [3.05, 3.63) is 73.8 Å². The maximum Gasteiger partial charge on any atom is 0.284 e. The fraction of sp³-hybridized carbons (Fsp3) is 0.111. The summed E-state index contributed by atoms with van der Waals surface area (Å²) in [5, 5.41) is 20.5. The molecule has 0 aliphatic rings. The van der Waals surface area contributed by atoms with Crippen molar-refractivity contribution in [3.63, 3.8) is 0 Å². The smallest absolute Gasteiger partial charge is 0.284 e. The van der Waals surface area contributed by atoms with Crippen LogP contribution >= 0.6 is 58.5 Å². The number of aromatic amines is 1. The van der Waals surface area contributed by atoms with Crippen LogP contribution in [0.5, 0.6) is 0 Å². The molecule has 0 amide bonds. The maximum atomic E-state index is 6.29. The summed E-state index contributed by atoms with van der Waals surface area (Å²) >= 11 is 20.5. The highest BCUT2D eigenvalue weighted by Crippen LogP contribution is 2.34. The zero-order chi connectivity index (χ0) is 20.2. The molecule has 29 heavy (non-hydrogen) atoms. The summed E-state index contributed by atoms with van der Waals surface area (Å²) in [7, 11) is 0. The Morgan fingerprint density at radius 3 is 2.66 bits per heavy atom. The number of nitrogens with zero attached hydrogens (tertiary/aromatic N) is 3. The summed E-state index contributed by atoms with van der Waals surface area (Å²) in [4.78, 5) is 0.265. The van der Waals surface area contributed by atoms with Gasteiger partial charge in [0.1, 0.15) is 5.01 Å². The van der Waals surface area contributed by atoms with Gasteiger partial charge in [-0.05, 0) is 36.0 Å². The van der Waals surface area contributed by atoms with Gasteiger partial charge in [-0.15, -0.1) is 15.3 Å². The molecule has 4 rings (SSSR count). The second kappa shape index (κ2) is 9.27. The molecule has 11 heteroatoms. The first kappa shape index (κ1) is 20.4. The van der Waals surface area contributed by atoms with E-state index in [9.17, 15) is 0 Å². The van der Waals surface area contributed by atoms with Crippen LogP contribution in [0, 0.1) is 4.84 Å². The molecule has 2 aromatic heterocycles. The van der Waals surface area contributed by atoms with E-state index < -0.39 is 0 Å². The van der Waals surface area contributed by atoms with E-state index in [1.807, 2.05) is 30.3 Å². The SMILES string of the molecule is S=c1[nH]nc(CSc2nnc(Cc3ccccc3Nc3c(Cl)cccc3Cl)s2)o1. The molecule has 0 unspecified atom stereocenters. The highest BCUT2D eigenvalue weighted by Gasteiger charge is 2.12. The van der Waals surface area contributed by atoms with Crippen molar-refractivity contribution in [2.75, 3.05) is 5.32 Å². The number of aromatic nitrogens is 4. The topological polar surface area (TPSA) is 79.6 Å². The van der Waals surface area contributed by atoms with E-state index in [0.29, 0.717) is 33.8 Å². The minimum absolute atomic E-state index is 0.265. The molecule has 6 nitrogen and oxygen atoms in total. The Kier molecular flexibility index (Phi) is 6.51. The number of rotatable bonds is 7. The molecule has 2 heterocycles. The Hall–Kier alpha value is -1.91. The number of hydrogen-bond donors (Lipinski definition) is 2. The van der Waals surface area contributed by atoms with E-state index in [0.717, 1.165) is 20.6 Å². The third-order valence-corrected chi connectivity index (χ3v) is 6.68. The maximum absolute atomic E-state index is 6.29. The fourth-order valence-corrected chi connectivity index (χ4v) is 4.92. The van der Waals surface area contributed by atoms with Crippen LogP contribution in [0.15, 0.2) is 51.2 Å². The van der Waals surface area contributed by atoms with Gasteiger partial charge in [-0.3, -0.25) is 0 Å². The van der Waals surface area contributed by atoms with Crippen molar-refractivity contribution in [2.24, 2.45) is 0 Å². The minimum Gasteiger partial charge on any atom is -0.413 e. The van der Waals surface area contributed by atoms with Crippen LogP contribution in [0.25, 0.3) is 0 Å². The first-order valence-electron chi connectivity index (χ1n) is 8.37. The van der Waals surface area contributed by atoms with Crippen molar-refractivity contribution in [1.29, 1.82) is 0 Å². The van der Waals surface area contributed by atoms with E-state index in [1.54, 1.807) is 12.1 Å². The lowest BCUT2D eigenvalue weighted by molar-refractivity contribution is 0.500. The lowest BCUT2D eigenvalue weighted by Crippen LogP contribution is -1.98. The van der Waals surface area contributed by atoms with E-state index >= 15 is 0 Å². The van der Waals surface area contributed by atoms with Crippen LogP contribution in [-0.2, 0) is 12.2 Å². The van der Waals surface area contributed by atoms with Crippen molar-refractivity contribution in [3.8, 4) is 0 Å². The van der Waals surface area contributed by atoms with Crippen molar-refractivity contribution >= 4 is 69.9 Å². The van der Waals surface area contributed by atoms with Gasteiger partial charge in [-0.25, -0.2) is 5.10 Å². The van der Waals surface area contributed by atoms with Crippen LogP contribution in [-0.4, -0.2) is 20.4 Å². The van der Waals surface area contributed by atoms with Gasteiger partial charge in [0.2, 0.25) is 5.89 Å². The van der Waals surface area contributed by atoms with Crippen LogP contribution in [0.4, 0.5) is 11.4 Å². The van der Waals surface area contributed by atoms with E-state index in [2.05, 4.69) is 25.7 Å². The van der Waals surface area contributed by atoms with E-state index in [4.69, 9.17) is 39.8 Å². The van der Waals surface area contributed by atoms with Crippen LogP contribution < -0.4 is 5.32 Å². The van der Waals surface area contributed by atoms with E-state index in [-0.39, 0.29) is 4.84 Å². The number of hydrogen-bond acceptors (Lipinski definition) is 8. The second-order valence-electron chi connectivity index (χ2n) is 5.81. The Bertz CT molecular complexity index is 1170. The van der Waals surface area contributed by atoms with Gasteiger partial charge in [-0.2, -0.15) is 0 Å². The largest absolute Gasteiger partial charge is 0.413 e.